The van der Waals surface area contributed by atoms with Crippen LogP contribution in [-0.4, -0.2) is 29.1 Å². The first kappa shape index (κ1) is 16.2. The molecule has 1 aromatic rings. The van der Waals surface area contributed by atoms with Crippen molar-refractivity contribution in [3.05, 3.63) is 33.0 Å². The summed E-state index contributed by atoms with van der Waals surface area (Å²) in [4.78, 5) is 2.32. The Morgan fingerprint density at radius 3 is 2.70 bits per heavy atom. The fraction of sp³-hybridized carbons (Fsp3) is 0.600. The fourth-order valence-corrected chi connectivity index (χ4v) is 3.28. The van der Waals surface area contributed by atoms with Crippen molar-refractivity contribution in [2.45, 2.75) is 44.8 Å². The van der Waals surface area contributed by atoms with E-state index in [0.29, 0.717) is 28.9 Å². The van der Waals surface area contributed by atoms with Crippen LogP contribution in [0.4, 0.5) is 4.39 Å². The number of hydrogen-bond acceptors (Lipinski definition) is 2. The molecule has 1 fully saturated rings. The Bertz CT molecular complexity index is 497. The predicted molar refractivity (Wildman–Crippen MR) is 83.6 cm³/mol. The molecule has 5 heteroatoms. The molecule has 0 radical (unpaired) electrons. The molecule has 1 N–H and O–H groups in total. The molecular weight excluding hydrogens is 345 g/mol. The largest absolute Gasteiger partial charge is 0.385 e. The highest BCUT2D eigenvalue weighted by Crippen LogP contribution is 2.38. The summed E-state index contributed by atoms with van der Waals surface area (Å²) in [6.45, 7) is 5.98. The second kappa shape index (κ2) is 6.30. The summed E-state index contributed by atoms with van der Waals surface area (Å²) in [5.41, 5.74) is -0.811. The van der Waals surface area contributed by atoms with E-state index in [1.54, 1.807) is 12.1 Å². The third-order valence-electron chi connectivity index (χ3n) is 4.12. The van der Waals surface area contributed by atoms with E-state index >= 15 is 0 Å². The van der Waals surface area contributed by atoms with Crippen LogP contribution in [0.5, 0.6) is 0 Å². The highest BCUT2D eigenvalue weighted by molar-refractivity contribution is 9.10. The van der Waals surface area contributed by atoms with E-state index in [9.17, 15) is 9.50 Å². The average Bonchev–Trinajstić information content (AvgIpc) is 2.59. The molecule has 1 aliphatic heterocycles. The van der Waals surface area contributed by atoms with E-state index in [1.807, 2.05) is 0 Å². The Morgan fingerprint density at radius 2 is 2.05 bits per heavy atom. The van der Waals surface area contributed by atoms with Gasteiger partial charge >= 0.3 is 0 Å². The van der Waals surface area contributed by atoms with Crippen molar-refractivity contribution in [2.75, 3.05) is 13.1 Å². The topological polar surface area (TPSA) is 23.5 Å². The summed E-state index contributed by atoms with van der Waals surface area (Å²) >= 11 is 9.14. The zero-order valence-electron chi connectivity index (χ0n) is 11.8. The van der Waals surface area contributed by atoms with Gasteiger partial charge in [0.1, 0.15) is 5.82 Å². The molecule has 0 aliphatic carbocycles. The first-order valence-corrected chi connectivity index (χ1v) is 8.12. The molecular formula is C15H20BrClFNO. The number of hydrogen-bond donors (Lipinski definition) is 1. The second-order valence-electron chi connectivity index (χ2n) is 5.74. The first-order chi connectivity index (χ1) is 9.35. The Labute approximate surface area is 133 Å². The SMILES string of the molecule is CC(C)N1CCCC(O)(c2ccc(Br)c(Cl)c2F)CC1. The third-order valence-corrected chi connectivity index (χ3v) is 5.37. The molecule has 1 unspecified atom stereocenters. The molecule has 1 aromatic carbocycles. The zero-order valence-corrected chi connectivity index (χ0v) is 14.1. The molecule has 0 spiro atoms. The number of benzene rings is 1. The van der Waals surface area contributed by atoms with E-state index in [0.717, 1.165) is 19.5 Å². The van der Waals surface area contributed by atoms with Crippen LogP contribution in [0.1, 0.15) is 38.7 Å². The lowest BCUT2D eigenvalue weighted by atomic mass is 9.86. The summed E-state index contributed by atoms with van der Waals surface area (Å²) in [5, 5.41) is 10.9. The number of aliphatic hydroxyl groups is 1. The molecule has 0 saturated carbocycles. The van der Waals surface area contributed by atoms with Crippen LogP contribution in [0.3, 0.4) is 0 Å². The van der Waals surface area contributed by atoms with Gasteiger partial charge < -0.3 is 10.0 Å². The average molecular weight is 365 g/mol. The van der Waals surface area contributed by atoms with Gasteiger partial charge in [-0.1, -0.05) is 17.7 Å². The summed E-state index contributed by atoms with van der Waals surface area (Å²) in [6.07, 6.45) is 1.94. The zero-order chi connectivity index (χ0) is 14.9. The van der Waals surface area contributed by atoms with Crippen molar-refractivity contribution >= 4 is 27.5 Å². The molecule has 1 aliphatic rings. The van der Waals surface area contributed by atoms with Gasteiger partial charge in [0, 0.05) is 22.6 Å². The molecule has 20 heavy (non-hydrogen) atoms. The highest BCUT2D eigenvalue weighted by atomic mass is 79.9. The van der Waals surface area contributed by atoms with E-state index in [1.165, 1.54) is 0 Å². The van der Waals surface area contributed by atoms with Crippen LogP contribution < -0.4 is 0 Å². The number of nitrogens with zero attached hydrogens (tertiary/aromatic N) is 1. The minimum Gasteiger partial charge on any atom is -0.385 e. The van der Waals surface area contributed by atoms with Crippen molar-refractivity contribution in [3.8, 4) is 0 Å². The van der Waals surface area contributed by atoms with E-state index in [2.05, 4.69) is 34.7 Å². The minimum atomic E-state index is -1.13. The summed E-state index contributed by atoms with van der Waals surface area (Å²) < 4.78 is 14.9. The van der Waals surface area contributed by atoms with E-state index in [-0.39, 0.29) is 5.02 Å². The molecule has 0 amide bonds. The quantitative estimate of drug-likeness (QED) is 0.790. The number of rotatable bonds is 2. The van der Waals surface area contributed by atoms with Gasteiger partial charge in [-0.2, -0.15) is 0 Å². The van der Waals surface area contributed by atoms with Crippen LogP contribution in [-0.2, 0) is 5.60 Å². The molecule has 1 saturated heterocycles. The molecule has 1 heterocycles. The molecule has 2 rings (SSSR count). The van der Waals surface area contributed by atoms with Crippen LogP contribution in [0.25, 0.3) is 0 Å². The van der Waals surface area contributed by atoms with Crippen LogP contribution in [0.2, 0.25) is 5.02 Å². The smallest absolute Gasteiger partial charge is 0.149 e. The maximum Gasteiger partial charge on any atom is 0.149 e. The lowest BCUT2D eigenvalue weighted by molar-refractivity contribution is 0.0170. The van der Waals surface area contributed by atoms with Crippen LogP contribution >= 0.6 is 27.5 Å². The lowest BCUT2D eigenvalue weighted by Crippen LogP contribution is -2.33. The van der Waals surface area contributed by atoms with Gasteiger partial charge in [0.15, 0.2) is 0 Å². The summed E-state index contributed by atoms with van der Waals surface area (Å²) in [7, 11) is 0. The molecule has 112 valence electrons. The van der Waals surface area contributed by atoms with Gasteiger partial charge in [-0.05, 0) is 61.7 Å². The van der Waals surface area contributed by atoms with Gasteiger partial charge in [-0.15, -0.1) is 0 Å². The Balaban J connectivity index is 2.29. The molecule has 0 bridgehead atoms. The summed E-state index contributed by atoms with van der Waals surface area (Å²) in [6, 6.07) is 3.77. The fourth-order valence-electron chi connectivity index (χ4n) is 2.81. The van der Waals surface area contributed by atoms with Crippen molar-refractivity contribution in [2.24, 2.45) is 0 Å². The van der Waals surface area contributed by atoms with E-state index < -0.39 is 11.4 Å². The Morgan fingerprint density at radius 1 is 1.35 bits per heavy atom. The number of halogens is 3. The molecule has 1 atom stereocenters. The van der Waals surface area contributed by atoms with Crippen molar-refractivity contribution in [1.82, 2.24) is 4.90 Å². The maximum absolute atomic E-state index is 14.3. The van der Waals surface area contributed by atoms with Gasteiger partial charge in [-0.3, -0.25) is 0 Å². The van der Waals surface area contributed by atoms with Crippen molar-refractivity contribution < 1.29 is 9.50 Å². The standard InChI is InChI=1S/C15H20BrClFNO/c1-10(2)19-8-3-6-15(20,7-9-19)11-4-5-12(16)13(17)14(11)18/h4-5,10,20H,3,6-9H2,1-2H3. The van der Waals surface area contributed by atoms with Gasteiger partial charge in [0.25, 0.3) is 0 Å². The second-order valence-corrected chi connectivity index (χ2v) is 6.97. The normalized spacial score (nSPS) is 24.9. The Kier molecular flexibility index (Phi) is 5.11. The Hall–Kier alpha value is -0.160. The van der Waals surface area contributed by atoms with Gasteiger partial charge in [-0.25, -0.2) is 4.39 Å². The highest BCUT2D eigenvalue weighted by Gasteiger charge is 2.35. The summed E-state index contributed by atoms with van der Waals surface area (Å²) in [5.74, 6) is -0.512. The van der Waals surface area contributed by atoms with Crippen LogP contribution in [0.15, 0.2) is 16.6 Å². The predicted octanol–water partition coefficient (Wildman–Crippen LogP) is 4.32. The van der Waals surface area contributed by atoms with Crippen molar-refractivity contribution in [3.63, 3.8) is 0 Å². The van der Waals surface area contributed by atoms with Gasteiger partial charge in [0.2, 0.25) is 0 Å². The van der Waals surface area contributed by atoms with Crippen LogP contribution in [0, 0.1) is 5.82 Å². The molecule has 0 aromatic heterocycles. The first-order valence-electron chi connectivity index (χ1n) is 6.95. The minimum absolute atomic E-state index is 0.0425. The van der Waals surface area contributed by atoms with Gasteiger partial charge in [0.05, 0.1) is 10.6 Å². The molecule has 2 nitrogen and oxygen atoms in total. The van der Waals surface area contributed by atoms with Crippen molar-refractivity contribution in [1.29, 1.82) is 0 Å². The third kappa shape index (κ3) is 3.19. The maximum atomic E-state index is 14.3. The van der Waals surface area contributed by atoms with E-state index in [4.69, 9.17) is 11.6 Å². The lowest BCUT2D eigenvalue weighted by Gasteiger charge is -2.29. The monoisotopic (exact) mass is 363 g/mol. The number of likely N-dealkylation sites (tertiary alicyclic amines) is 1.